The fraction of sp³-hybridized carbons (Fsp3) is 0.688. The maximum Gasteiger partial charge on any atom is 0.311 e. The largest absolute Gasteiger partial charge is 0.481 e. The van der Waals surface area contributed by atoms with E-state index in [9.17, 15) is 14.7 Å². The van der Waals surface area contributed by atoms with Crippen LogP contribution in [0.25, 0.3) is 0 Å². The van der Waals surface area contributed by atoms with Crippen LogP contribution in [-0.2, 0) is 16.6 Å². The lowest BCUT2D eigenvalue weighted by atomic mass is 9.81. The first-order valence-electron chi connectivity index (χ1n) is 8.29. The van der Waals surface area contributed by atoms with Gasteiger partial charge in [-0.25, -0.2) is 0 Å². The van der Waals surface area contributed by atoms with Gasteiger partial charge in [-0.2, -0.15) is 5.10 Å². The van der Waals surface area contributed by atoms with Crippen molar-refractivity contribution in [1.29, 1.82) is 0 Å². The second kappa shape index (κ2) is 5.06. The number of anilines is 1. The van der Waals surface area contributed by atoms with Crippen molar-refractivity contribution >= 4 is 17.6 Å². The number of carbonyl (C=O) groups is 2. The molecule has 1 unspecified atom stereocenters. The highest BCUT2D eigenvalue weighted by atomic mass is 16.4. The summed E-state index contributed by atoms with van der Waals surface area (Å²) < 4.78 is 1.69. The zero-order valence-corrected chi connectivity index (χ0v) is 13.3. The number of carboxylic acid groups (broad SMARTS) is 1. The molecular formula is C16H22N4O3. The number of carbonyl (C=O) groups excluding carboxylic acids is 1. The average molecular weight is 318 g/mol. The van der Waals surface area contributed by atoms with Gasteiger partial charge in [0.25, 0.3) is 0 Å². The van der Waals surface area contributed by atoms with Crippen LogP contribution in [-0.4, -0.2) is 57.3 Å². The molecule has 3 heterocycles. The Labute approximate surface area is 134 Å². The van der Waals surface area contributed by atoms with Crippen LogP contribution in [0.2, 0.25) is 0 Å². The van der Waals surface area contributed by atoms with Crippen molar-refractivity contribution in [2.24, 2.45) is 18.4 Å². The van der Waals surface area contributed by atoms with Crippen LogP contribution < -0.4 is 4.90 Å². The molecule has 2 aliphatic heterocycles. The number of fused-ring (bicyclic) bond motifs is 1. The van der Waals surface area contributed by atoms with Gasteiger partial charge in [0.05, 0.1) is 23.3 Å². The Balaban J connectivity index is 1.52. The summed E-state index contributed by atoms with van der Waals surface area (Å²) in [6, 6.07) is -0.183. The molecule has 3 atom stereocenters. The molecule has 3 fully saturated rings. The molecule has 7 nitrogen and oxygen atoms in total. The van der Waals surface area contributed by atoms with Crippen LogP contribution in [0.4, 0.5) is 5.69 Å². The van der Waals surface area contributed by atoms with Crippen molar-refractivity contribution in [3.8, 4) is 0 Å². The highest BCUT2D eigenvalue weighted by Crippen LogP contribution is 2.50. The second-order valence-corrected chi connectivity index (χ2v) is 7.15. The van der Waals surface area contributed by atoms with Gasteiger partial charge in [0.1, 0.15) is 0 Å². The molecular weight excluding hydrogens is 296 g/mol. The number of hydrogen-bond acceptors (Lipinski definition) is 4. The minimum Gasteiger partial charge on any atom is -0.481 e. The summed E-state index contributed by atoms with van der Waals surface area (Å²) in [6.45, 7) is 1.93. The molecule has 0 radical (unpaired) electrons. The molecule has 0 spiro atoms. The first-order valence-corrected chi connectivity index (χ1v) is 8.29. The second-order valence-electron chi connectivity index (χ2n) is 7.15. The number of amides is 1. The third kappa shape index (κ3) is 2.09. The van der Waals surface area contributed by atoms with E-state index < -0.39 is 11.4 Å². The fourth-order valence-corrected chi connectivity index (χ4v) is 4.72. The summed E-state index contributed by atoms with van der Waals surface area (Å²) in [5.74, 6) is -0.407. The van der Waals surface area contributed by atoms with Crippen LogP contribution in [0, 0.1) is 11.3 Å². The Morgan fingerprint density at radius 2 is 2.26 bits per heavy atom. The Morgan fingerprint density at radius 3 is 2.91 bits per heavy atom. The van der Waals surface area contributed by atoms with Crippen LogP contribution in [0.1, 0.15) is 25.7 Å². The Morgan fingerprint density at radius 1 is 1.43 bits per heavy atom. The number of aliphatic carboxylic acids is 1. The van der Waals surface area contributed by atoms with Crippen LogP contribution in [0.5, 0.6) is 0 Å². The first kappa shape index (κ1) is 14.7. The number of rotatable bonds is 3. The fourth-order valence-electron chi connectivity index (χ4n) is 4.72. The molecule has 4 rings (SSSR count). The minimum absolute atomic E-state index is 0.0820. The van der Waals surface area contributed by atoms with E-state index in [0.29, 0.717) is 13.1 Å². The van der Waals surface area contributed by atoms with E-state index in [2.05, 4.69) is 10.00 Å². The zero-order valence-electron chi connectivity index (χ0n) is 13.3. The minimum atomic E-state index is -0.683. The third-order valence-electron chi connectivity index (χ3n) is 5.94. The van der Waals surface area contributed by atoms with Crippen molar-refractivity contribution < 1.29 is 14.7 Å². The van der Waals surface area contributed by atoms with E-state index in [1.807, 2.05) is 13.2 Å². The summed E-state index contributed by atoms with van der Waals surface area (Å²) in [7, 11) is 1.83. The van der Waals surface area contributed by atoms with Gasteiger partial charge in [-0.1, -0.05) is 6.42 Å². The SMILES string of the molecule is Cn1cc(N2CCC(N3C[C@@H]4CCC[C@@]4(C(=O)O)C3)C2=O)cn1. The molecule has 1 N–H and O–H groups in total. The van der Waals surface area contributed by atoms with Crippen molar-refractivity contribution in [2.75, 3.05) is 24.5 Å². The lowest BCUT2D eigenvalue weighted by Gasteiger charge is -2.26. The van der Waals surface area contributed by atoms with Gasteiger partial charge >= 0.3 is 5.97 Å². The molecule has 23 heavy (non-hydrogen) atoms. The molecule has 124 valence electrons. The summed E-state index contributed by atoms with van der Waals surface area (Å²) >= 11 is 0. The van der Waals surface area contributed by atoms with Gasteiger partial charge < -0.3 is 10.0 Å². The number of hydrogen-bond donors (Lipinski definition) is 1. The molecule has 7 heteroatoms. The number of nitrogens with zero attached hydrogens (tertiary/aromatic N) is 4. The van der Waals surface area contributed by atoms with E-state index in [0.717, 1.165) is 37.9 Å². The van der Waals surface area contributed by atoms with Crippen LogP contribution >= 0.6 is 0 Å². The molecule has 0 bridgehead atoms. The highest BCUT2D eigenvalue weighted by molar-refractivity contribution is 5.99. The molecule has 1 aliphatic carbocycles. The molecule has 0 aromatic carbocycles. The normalized spacial score (nSPS) is 34.3. The predicted octanol–water partition coefficient (Wildman–Crippen LogP) is 0.712. The lowest BCUT2D eigenvalue weighted by molar-refractivity contribution is -0.149. The third-order valence-corrected chi connectivity index (χ3v) is 5.94. The maximum absolute atomic E-state index is 12.8. The van der Waals surface area contributed by atoms with Gasteiger partial charge in [-0.05, 0) is 25.2 Å². The number of aryl methyl sites for hydroxylation is 1. The predicted molar refractivity (Wildman–Crippen MR) is 82.9 cm³/mol. The van der Waals surface area contributed by atoms with E-state index in [1.165, 1.54) is 0 Å². The van der Waals surface area contributed by atoms with E-state index >= 15 is 0 Å². The van der Waals surface area contributed by atoms with Gasteiger partial charge in [-0.15, -0.1) is 0 Å². The Bertz CT molecular complexity index is 658. The first-order chi connectivity index (χ1) is 11.0. The molecule has 1 aromatic heterocycles. The van der Waals surface area contributed by atoms with Gasteiger partial charge in [0, 0.05) is 32.9 Å². The van der Waals surface area contributed by atoms with Crippen LogP contribution in [0.15, 0.2) is 12.4 Å². The van der Waals surface area contributed by atoms with Crippen molar-refractivity contribution in [3.63, 3.8) is 0 Å². The highest BCUT2D eigenvalue weighted by Gasteiger charge is 2.57. The summed E-state index contributed by atoms with van der Waals surface area (Å²) in [6.07, 6.45) is 7.02. The monoisotopic (exact) mass is 318 g/mol. The smallest absolute Gasteiger partial charge is 0.311 e. The quantitative estimate of drug-likeness (QED) is 0.888. The number of carboxylic acids is 1. The molecule has 1 saturated carbocycles. The van der Waals surface area contributed by atoms with Crippen molar-refractivity contribution in [1.82, 2.24) is 14.7 Å². The summed E-state index contributed by atoms with van der Waals surface area (Å²) in [5.41, 5.74) is 0.203. The number of likely N-dealkylation sites (tertiary alicyclic amines) is 1. The Kier molecular flexibility index (Phi) is 3.23. The van der Waals surface area contributed by atoms with Crippen LogP contribution in [0.3, 0.4) is 0 Å². The topological polar surface area (TPSA) is 78.7 Å². The molecule has 1 amide bonds. The standard InChI is InChI=1S/C16H22N4O3/c1-18-9-12(7-17-18)20-6-4-13(14(20)21)19-8-11-3-2-5-16(11,10-19)15(22)23/h7,9,11,13H,2-6,8,10H2,1H3,(H,22,23)/t11-,13?,16+/m0/s1. The van der Waals surface area contributed by atoms with Gasteiger partial charge in [0.2, 0.25) is 5.91 Å². The van der Waals surface area contributed by atoms with E-state index in [1.54, 1.807) is 15.8 Å². The summed E-state index contributed by atoms with van der Waals surface area (Å²) in [5, 5.41) is 13.8. The Hall–Kier alpha value is -1.89. The molecule has 1 aromatic rings. The lowest BCUT2D eigenvalue weighted by Crippen LogP contribution is -2.43. The van der Waals surface area contributed by atoms with Crippen molar-refractivity contribution in [3.05, 3.63) is 12.4 Å². The zero-order chi connectivity index (χ0) is 16.2. The number of aromatic nitrogens is 2. The molecule has 2 saturated heterocycles. The summed E-state index contributed by atoms with van der Waals surface area (Å²) in [4.78, 5) is 28.5. The van der Waals surface area contributed by atoms with Gasteiger partial charge in [0.15, 0.2) is 0 Å². The van der Waals surface area contributed by atoms with E-state index in [4.69, 9.17) is 0 Å². The molecule has 3 aliphatic rings. The average Bonchev–Trinajstić information content (AvgIpc) is 3.20. The maximum atomic E-state index is 12.8. The van der Waals surface area contributed by atoms with Crippen molar-refractivity contribution in [2.45, 2.75) is 31.7 Å². The van der Waals surface area contributed by atoms with E-state index in [-0.39, 0.29) is 17.9 Å². The van der Waals surface area contributed by atoms with Gasteiger partial charge in [-0.3, -0.25) is 19.2 Å².